The van der Waals surface area contributed by atoms with E-state index >= 15 is 0 Å². The molecular weight excluding hydrogens is 614 g/mol. The van der Waals surface area contributed by atoms with Crippen LogP contribution in [0.15, 0.2) is 59.5 Å². The van der Waals surface area contributed by atoms with Gasteiger partial charge in [-0.1, -0.05) is 51.5 Å². The molecule has 2 aromatic carbocycles. The van der Waals surface area contributed by atoms with Crippen LogP contribution in [0.3, 0.4) is 0 Å². The van der Waals surface area contributed by atoms with Gasteiger partial charge in [-0.05, 0) is 69.0 Å². The number of nitrogens with one attached hydrogen (secondary N) is 1. The maximum Gasteiger partial charge on any atom is 0.408 e. The van der Waals surface area contributed by atoms with Gasteiger partial charge >= 0.3 is 12.1 Å². The van der Waals surface area contributed by atoms with Gasteiger partial charge in [0.15, 0.2) is 5.69 Å². The van der Waals surface area contributed by atoms with Crippen LogP contribution in [-0.2, 0) is 27.2 Å². The predicted molar refractivity (Wildman–Crippen MR) is 172 cm³/mol. The van der Waals surface area contributed by atoms with Crippen molar-refractivity contribution in [3.8, 4) is 5.75 Å². The molecule has 0 radical (unpaired) electrons. The molecule has 0 aliphatic carbocycles. The lowest BCUT2D eigenvalue weighted by molar-refractivity contribution is -0.149. The molecule has 11 nitrogen and oxygen atoms in total. The average molecular weight is 659 g/mol. The van der Waals surface area contributed by atoms with E-state index in [9.17, 15) is 28.0 Å². The van der Waals surface area contributed by atoms with Gasteiger partial charge < -0.3 is 24.4 Å². The van der Waals surface area contributed by atoms with E-state index < -0.39 is 36.4 Å². The van der Waals surface area contributed by atoms with Crippen molar-refractivity contribution in [2.75, 3.05) is 26.4 Å². The van der Waals surface area contributed by atoms with Crippen LogP contribution in [0.25, 0.3) is 0 Å². The molecule has 0 fully saturated rings. The molecule has 0 saturated carbocycles. The maximum atomic E-state index is 12.6. The number of carbonyl (C=O) groups excluding carboxylic acids is 3. The van der Waals surface area contributed by atoms with Crippen molar-refractivity contribution in [3.63, 3.8) is 0 Å². The molecule has 47 heavy (non-hydrogen) atoms. The highest BCUT2D eigenvalue weighted by molar-refractivity contribution is 5.95. The number of amides is 2. The minimum absolute atomic E-state index is 0.0279. The van der Waals surface area contributed by atoms with Gasteiger partial charge in [-0.25, -0.2) is 13.6 Å². The van der Waals surface area contributed by atoms with E-state index in [-0.39, 0.29) is 29.0 Å². The first-order valence-electron chi connectivity index (χ1n) is 15.4. The average Bonchev–Trinajstić information content (AvgIpc) is 3.01. The van der Waals surface area contributed by atoms with Gasteiger partial charge in [-0.2, -0.15) is 5.10 Å². The molecule has 1 aliphatic rings. The van der Waals surface area contributed by atoms with Gasteiger partial charge in [-0.15, -0.1) is 0 Å². The number of hydrogen-bond acceptors (Lipinski definition) is 8. The second kappa shape index (κ2) is 19.0. The molecule has 256 valence electrons. The van der Waals surface area contributed by atoms with Crippen LogP contribution in [-0.4, -0.2) is 64.7 Å². The molecule has 1 aromatic heterocycles. The SMILES string of the molecule is CCC.CCCN1CCn2ncc(=O)c(OCOC(=O)CNC(=O)OC(C)(C)C)c2C1=O.Fc1ccc(Cc2ccc(F)cc2)cc1. The van der Waals surface area contributed by atoms with Crippen molar-refractivity contribution in [3.05, 3.63) is 93.4 Å². The van der Waals surface area contributed by atoms with Crippen LogP contribution in [0.4, 0.5) is 13.6 Å². The van der Waals surface area contributed by atoms with Gasteiger partial charge in [0.1, 0.15) is 23.8 Å². The van der Waals surface area contributed by atoms with E-state index in [1.165, 1.54) is 35.4 Å². The zero-order chi connectivity index (χ0) is 35.0. The lowest BCUT2D eigenvalue weighted by Crippen LogP contribution is -2.43. The van der Waals surface area contributed by atoms with Crippen molar-refractivity contribution in [1.29, 1.82) is 0 Å². The van der Waals surface area contributed by atoms with E-state index in [0.29, 0.717) is 26.1 Å². The number of nitrogens with zero attached hydrogens (tertiary/aromatic N) is 3. The lowest BCUT2D eigenvalue weighted by atomic mass is 10.1. The summed E-state index contributed by atoms with van der Waals surface area (Å²) in [4.78, 5) is 49.6. The summed E-state index contributed by atoms with van der Waals surface area (Å²) >= 11 is 0. The number of halogens is 2. The molecule has 13 heteroatoms. The first kappa shape index (κ1) is 38.4. The summed E-state index contributed by atoms with van der Waals surface area (Å²) in [5, 5.41) is 6.20. The Morgan fingerprint density at radius 1 is 0.915 bits per heavy atom. The fourth-order valence-electron chi connectivity index (χ4n) is 4.04. The smallest absolute Gasteiger partial charge is 0.408 e. The monoisotopic (exact) mass is 658 g/mol. The van der Waals surface area contributed by atoms with Crippen molar-refractivity contribution in [1.82, 2.24) is 20.0 Å². The topological polar surface area (TPSA) is 129 Å². The number of benzene rings is 2. The second-order valence-electron chi connectivity index (χ2n) is 11.5. The van der Waals surface area contributed by atoms with Crippen LogP contribution in [0.1, 0.15) is 76.0 Å². The minimum Gasteiger partial charge on any atom is -0.451 e. The molecule has 2 amide bonds. The van der Waals surface area contributed by atoms with E-state index in [1.54, 1.807) is 49.9 Å². The predicted octanol–water partition coefficient (Wildman–Crippen LogP) is 5.49. The Balaban J connectivity index is 0.000000354. The van der Waals surface area contributed by atoms with Gasteiger partial charge in [0.05, 0.1) is 12.7 Å². The summed E-state index contributed by atoms with van der Waals surface area (Å²) < 4.78 is 41.8. The molecule has 0 atom stereocenters. The Kier molecular flexibility index (Phi) is 15.5. The van der Waals surface area contributed by atoms with Crippen LogP contribution < -0.4 is 15.5 Å². The zero-order valence-electron chi connectivity index (χ0n) is 27.8. The van der Waals surface area contributed by atoms with Gasteiger partial charge in [0, 0.05) is 13.1 Å². The van der Waals surface area contributed by atoms with E-state index in [0.717, 1.165) is 23.7 Å². The molecule has 0 spiro atoms. The number of rotatable bonds is 9. The first-order valence-corrected chi connectivity index (χ1v) is 15.4. The minimum atomic E-state index is -0.794. The number of fused-ring (bicyclic) bond motifs is 1. The molecule has 0 bridgehead atoms. The largest absolute Gasteiger partial charge is 0.451 e. The Morgan fingerprint density at radius 2 is 1.47 bits per heavy atom. The molecular formula is C34H44F2N4O7. The lowest BCUT2D eigenvalue weighted by Gasteiger charge is -2.29. The standard InChI is InChI=1S/C18H26N4O7.C13H10F2.C3H8/c1-5-6-21-7-8-22-14(16(21)25)15(12(23)9-20-22)28-11-27-13(24)10-19-17(26)29-18(2,3)4;14-12-5-1-10(2-6-12)9-11-3-7-13(15)8-4-11;1-3-2/h9H,5-8,10-11H2,1-4H3,(H,19,26);1-8H,9H2;3H2,1-2H3. The summed E-state index contributed by atoms with van der Waals surface area (Å²) in [6, 6.07) is 12.7. The Bertz CT molecular complexity index is 1460. The molecule has 2 heterocycles. The molecule has 0 unspecified atom stereocenters. The molecule has 1 aliphatic heterocycles. The van der Waals surface area contributed by atoms with Gasteiger partial charge in [0.25, 0.3) is 5.91 Å². The summed E-state index contributed by atoms with van der Waals surface area (Å²) in [6.45, 7) is 11.7. The van der Waals surface area contributed by atoms with Gasteiger partial charge in [-0.3, -0.25) is 19.1 Å². The number of carbonyl (C=O) groups is 3. The first-order chi connectivity index (χ1) is 22.3. The molecule has 0 saturated heterocycles. The Morgan fingerprint density at radius 3 is 1.98 bits per heavy atom. The van der Waals surface area contributed by atoms with E-state index in [2.05, 4.69) is 24.3 Å². The highest BCUT2D eigenvalue weighted by Crippen LogP contribution is 2.19. The normalized spacial score (nSPS) is 12.0. The Hall–Kier alpha value is -4.81. The van der Waals surface area contributed by atoms with Crippen LogP contribution in [0.5, 0.6) is 5.75 Å². The van der Waals surface area contributed by atoms with Crippen molar-refractivity contribution in [2.24, 2.45) is 0 Å². The fraction of sp³-hybridized carbons (Fsp3) is 0.441. The quantitative estimate of drug-likeness (QED) is 0.236. The van der Waals surface area contributed by atoms with E-state index in [1.807, 2.05) is 6.92 Å². The van der Waals surface area contributed by atoms with Crippen LogP contribution >= 0.6 is 0 Å². The molecule has 1 N–H and O–H groups in total. The fourth-order valence-corrected chi connectivity index (χ4v) is 4.04. The summed E-state index contributed by atoms with van der Waals surface area (Å²) in [7, 11) is 0. The summed E-state index contributed by atoms with van der Waals surface area (Å²) in [5.74, 6) is -1.86. The van der Waals surface area contributed by atoms with E-state index in [4.69, 9.17) is 14.2 Å². The van der Waals surface area contributed by atoms with Crippen LogP contribution in [0, 0.1) is 11.6 Å². The number of hydrogen-bond donors (Lipinski definition) is 1. The third kappa shape index (κ3) is 13.6. The molecule has 3 aromatic rings. The zero-order valence-corrected chi connectivity index (χ0v) is 27.8. The highest BCUT2D eigenvalue weighted by Gasteiger charge is 2.29. The third-order valence-corrected chi connectivity index (χ3v) is 6.01. The highest BCUT2D eigenvalue weighted by atomic mass is 19.1. The number of alkyl carbamates (subject to hydrolysis) is 1. The third-order valence-electron chi connectivity index (χ3n) is 6.01. The van der Waals surface area contributed by atoms with Crippen LogP contribution in [0.2, 0.25) is 0 Å². The van der Waals surface area contributed by atoms with Crippen molar-refractivity contribution < 1.29 is 37.4 Å². The number of esters is 1. The molecule has 4 rings (SSSR count). The van der Waals surface area contributed by atoms with Crippen molar-refractivity contribution in [2.45, 2.75) is 73.0 Å². The maximum absolute atomic E-state index is 12.6. The summed E-state index contributed by atoms with van der Waals surface area (Å²) in [5.41, 5.74) is 0.773. The van der Waals surface area contributed by atoms with Crippen molar-refractivity contribution >= 4 is 18.0 Å². The number of ether oxygens (including phenoxy) is 3. The second-order valence-corrected chi connectivity index (χ2v) is 11.5. The number of aromatic nitrogens is 2. The van der Waals surface area contributed by atoms with Gasteiger partial charge in [0.2, 0.25) is 18.0 Å². The Labute approximate surface area is 273 Å². The summed E-state index contributed by atoms with van der Waals surface area (Å²) in [6.07, 6.45) is 3.00.